The summed E-state index contributed by atoms with van der Waals surface area (Å²) in [4.78, 5) is 18.6. The van der Waals surface area contributed by atoms with Gasteiger partial charge in [-0.2, -0.15) is 0 Å². The minimum Gasteiger partial charge on any atom is -0.348 e. The zero-order valence-corrected chi connectivity index (χ0v) is 12.5. The number of nitrogens with one attached hydrogen (secondary N) is 1. The normalized spacial score (nSPS) is 28.9. The number of nitrogens with zero attached hydrogens (tertiary/aromatic N) is 3. The summed E-state index contributed by atoms with van der Waals surface area (Å²) in [7, 11) is 1.94. The average molecular weight is 292 g/mol. The summed E-state index contributed by atoms with van der Waals surface area (Å²) in [5, 5.41) is 5.83. The Balaban J connectivity index is 1.49. The van der Waals surface area contributed by atoms with Crippen LogP contribution in [0.5, 0.6) is 0 Å². The molecule has 3 saturated heterocycles. The van der Waals surface area contributed by atoms with Crippen molar-refractivity contribution in [1.29, 1.82) is 0 Å². The largest absolute Gasteiger partial charge is 0.348 e. The van der Waals surface area contributed by atoms with Gasteiger partial charge in [0.05, 0.1) is 0 Å². The second-order valence-corrected chi connectivity index (χ2v) is 6.37. The second-order valence-electron chi connectivity index (χ2n) is 5.49. The summed E-state index contributed by atoms with van der Waals surface area (Å²) in [6.45, 7) is 3.40. The molecule has 3 aliphatic rings. The molecule has 3 aliphatic heterocycles. The summed E-state index contributed by atoms with van der Waals surface area (Å²) in [6.07, 6.45) is 7.69. The molecule has 0 aliphatic carbocycles. The van der Waals surface area contributed by atoms with Gasteiger partial charge in [0.15, 0.2) is 5.16 Å². The van der Waals surface area contributed by atoms with E-state index in [1.165, 1.54) is 37.7 Å². The number of carbonyl (C=O) groups is 1. The van der Waals surface area contributed by atoms with Gasteiger partial charge in [0, 0.05) is 38.1 Å². The van der Waals surface area contributed by atoms with E-state index in [4.69, 9.17) is 0 Å². The van der Waals surface area contributed by atoms with Crippen LogP contribution in [0.25, 0.3) is 0 Å². The Kier molecular flexibility index (Phi) is 4.12. The van der Waals surface area contributed by atoms with Crippen LogP contribution in [0.3, 0.4) is 0 Å². The molecule has 1 N–H and O–H groups in total. The van der Waals surface area contributed by atoms with Crippen LogP contribution in [-0.2, 0) is 11.8 Å². The van der Waals surface area contributed by atoms with E-state index in [9.17, 15) is 4.79 Å². The number of hydrogen-bond acceptors (Lipinski definition) is 4. The van der Waals surface area contributed by atoms with Crippen molar-refractivity contribution in [2.75, 3.05) is 19.6 Å². The van der Waals surface area contributed by atoms with Crippen molar-refractivity contribution < 1.29 is 4.79 Å². The molecule has 4 rings (SSSR count). The van der Waals surface area contributed by atoms with E-state index in [1.807, 2.05) is 17.8 Å². The van der Waals surface area contributed by atoms with E-state index >= 15 is 0 Å². The number of aryl methyl sites for hydroxylation is 1. The highest BCUT2D eigenvalue weighted by Crippen LogP contribution is 2.27. The van der Waals surface area contributed by atoms with Gasteiger partial charge < -0.3 is 14.8 Å². The Bertz CT molecular complexity index is 505. The molecular formula is C14H20N4OS. The van der Waals surface area contributed by atoms with Crippen LogP contribution in [0, 0.1) is 5.92 Å². The van der Waals surface area contributed by atoms with E-state index < -0.39 is 0 Å². The third-order valence-electron chi connectivity index (χ3n) is 4.15. The number of fused-ring (bicyclic) bond motifs is 3. The lowest BCUT2D eigenvalue weighted by atomic mass is 9.84. The minimum absolute atomic E-state index is 0.00505. The van der Waals surface area contributed by atoms with Crippen molar-refractivity contribution in [3.8, 4) is 0 Å². The first-order valence-corrected chi connectivity index (χ1v) is 7.94. The molecule has 0 unspecified atom stereocenters. The number of piperidine rings is 3. The van der Waals surface area contributed by atoms with Gasteiger partial charge in [-0.05, 0) is 37.3 Å². The number of amides is 1. The first-order chi connectivity index (χ1) is 9.72. The third-order valence-corrected chi connectivity index (χ3v) is 5.03. The van der Waals surface area contributed by atoms with E-state index in [2.05, 4.69) is 15.2 Å². The Hall–Kier alpha value is -1.27. The zero-order valence-electron chi connectivity index (χ0n) is 11.7. The lowest BCUT2D eigenvalue weighted by Crippen LogP contribution is -2.57. The van der Waals surface area contributed by atoms with Crippen LogP contribution >= 0.6 is 11.8 Å². The number of thioether (sulfide) groups is 1. The van der Waals surface area contributed by atoms with Gasteiger partial charge in [-0.25, -0.2) is 4.98 Å². The first kappa shape index (κ1) is 13.7. The van der Waals surface area contributed by atoms with Crippen LogP contribution in [0.2, 0.25) is 0 Å². The fourth-order valence-corrected chi connectivity index (χ4v) is 3.64. The number of carbonyl (C=O) groups excluding carboxylic acids is 1. The van der Waals surface area contributed by atoms with Gasteiger partial charge in [-0.3, -0.25) is 4.79 Å². The standard InChI is InChI=1S/C14H20N4OS/c1-17-8-5-15-14(17)20-9-4-13(19)16-12-10-18-6-2-11(12)3-7-18/h4-5,8-9,11-12H,2-3,6-7,10H2,1H3,(H,16,19)/b9-4-/t12-/m0/s1. The van der Waals surface area contributed by atoms with Crippen molar-refractivity contribution in [2.24, 2.45) is 13.0 Å². The van der Waals surface area contributed by atoms with E-state index in [1.54, 1.807) is 17.7 Å². The van der Waals surface area contributed by atoms with Crippen LogP contribution in [0.4, 0.5) is 0 Å². The second kappa shape index (κ2) is 6.01. The fraction of sp³-hybridized carbons (Fsp3) is 0.571. The van der Waals surface area contributed by atoms with Crippen LogP contribution in [0.15, 0.2) is 29.0 Å². The predicted octanol–water partition coefficient (Wildman–Crippen LogP) is 1.24. The summed E-state index contributed by atoms with van der Waals surface area (Å²) in [6, 6.07) is 0.327. The molecule has 1 aromatic heterocycles. The topological polar surface area (TPSA) is 50.2 Å². The highest BCUT2D eigenvalue weighted by atomic mass is 32.2. The highest BCUT2D eigenvalue weighted by molar-refractivity contribution is 8.02. The van der Waals surface area contributed by atoms with Gasteiger partial charge in [-0.15, -0.1) is 0 Å². The highest BCUT2D eigenvalue weighted by Gasteiger charge is 2.34. The SMILES string of the molecule is Cn1ccnc1S/C=C\C(=O)N[C@H]1CN2CCC1CC2. The molecule has 2 bridgehead atoms. The smallest absolute Gasteiger partial charge is 0.244 e. The maximum absolute atomic E-state index is 11.9. The molecule has 0 spiro atoms. The van der Waals surface area contributed by atoms with E-state index in [0.29, 0.717) is 12.0 Å². The Morgan fingerprint density at radius 2 is 2.30 bits per heavy atom. The molecule has 1 aromatic rings. The van der Waals surface area contributed by atoms with Gasteiger partial charge >= 0.3 is 0 Å². The minimum atomic E-state index is 0.00505. The summed E-state index contributed by atoms with van der Waals surface area (Å²) >= 11 is 1.46. The number of imidazole rings is 1. The van der Waals surface area contributed by atoms with Crippen molar-refractivity contribution in [2.45, 2.75) is 24.0 Å². The average Bonchev–Trinajstić information content (AvgIpc) is 2.86. The number of aromatic nitrogens is 2. The van der Waals surface area contributed by atoms with Gasteiger partial charge in [0.2, 0.25) is 5.91 Å². The summed E-state index contributed by atoms with van der Waals surface area (Å²) in [5.41, 5.74) is 0. The fourth-order valence-electron chi connectivity index (χ4n) is 2.98. The summed E-state index contributed by atoms with van der Waals surface area (Å²) < 4.78 is 1.93. The van der Waals surface area contributed by atoms with Crippen LogP contribution in [0.1, 0.15) is 12.8 Å². The van der Waals surface area contributed by atoms with Gasteiger partial charge in [-0.1, -0.05) is 11.8 Å². The molecule has 6 heteroatoms. The molecule has 3 fully saturated rings. The maximum Gasteiger partial charge on any atom is 0.244 e. The van der Waals surface area contributed by atoms with Crippen molar-refractivity contribution >= 4 is 17.7 Å². The molecule has 1 amide bonds. The van der Waals surface area contributed by atoms with Gasteiger partial charge in [0.25, 0.3) is 0 Å². The maximum atomic E-state index is 11.9. The Labute approximate surface area is 123 Å². The molecule has 0 saturated carbocycles. The molecular weight excluding hydrogens is 272 g/mol. The van der Waals surface area contributed by atoms with Crippen molar-refractivity contribution in [3.63, 3.8) is 0 Å². The molecule has 108 valence electrons. The molecule has 5 nitrogen and oxygen atoms in total. The lowest BCUT2D eigenvalue weighted by Gasteiger charge is -2.44. The van der Waals surface area contributed by atoms with Crippen molar-refractivity contribution in [1.82, 2.24) is 19.8 Å². The quantitative estimate of drug-likeness (QED) is 0.670. The zero-order chi connectivity index (χ0) is 13.9. The molecule has 0 radical (unpaired) electrons. The van der Waals surface area contributed by atoms with Crippen LogP contribution in [-0.4, -0.2) is 46.0 Å². The third kappa shape index (κ3) is 3.07. The van der Waals surface area contributed by atoms with Crippen molar-refractivity contribution in [3.05, 3.63) is 23.9 Å². The van der Waals surface area contributed by atoms with Crippen LogP contribution < -0.4 is 5.32 Å². The lowest BCUT2D eigenvalue weighted by molar-refractivity contribution is -0.118. The van der Waals surface area contributed by atoms with E-state index in [-0.39, 0.29) is 5.91 Å². The molecule has 1 atom stereocenters. The summed E-state index contributed by atoms with van der Waals surface area (Å²) in [5.74, 6) is 0.671. The molecule has 20 heavy (non-hydrogen) atoms. The first-order valence-electron chi connectivity index (χ1n) is 7.06. The number of rotatable bonds is 4. The predicted molar refractivity (Wildman–Crippen MR) is 79.3 cm³/mol. The molecule has 0 aromatic carbocycles. The monoisotopic (exact) mass is 292 g/mol. The van der Waals surface area contributed by atoms with E-state index in [0.717, 1.165) is 11.7 Å². The number of hydrogen-bond donors (Lipinski definition) is 1. The van der Waals surface area contributed by atoms with Gasteiger partial charge in [0.1, 0.15) is 0 Å². The molecule has 4 heterocycles. The Morgan fingerprint density at radius 3 is 2.90 bits per heavy atom. The Morgan fingerprint density at radius 1 is 1.50 bits per heavy atom.